The average molecular weight is 327 g/mol. The van der Waals surface area contributed by atoms with E-state index >= 15 is 0 Å². The van der Waals surface area contributed by atoms with Crippen molar-refractivity contribution in [2.24, 2.45) is 11.7 Å². The van der Waals surface area contributed by atoms with Gasteiger partial charge in [-0.3, -0.25) is 9.35 Å². The second-order valence-corrected chi connectivity index (χ2v) is 6.07. The summed E-state index contributed by atoms with van der Waals surface area (Å²) in [5.41, 5.74) is 6.03. The standard InChI is InChI=1S/C10H13N3O6S.Na.H/c11-9(14)7-3-6(5-1-2-5)8-4-12(7)10(15)13(8)19-20(16,17)18;;/h3,5,7-8H,1-2,4H2,(H2,11,14)(H,16,17,18);;/t7-,8-;;/m0../s1. The summed E-state index contributed by atoms with van der Waals surface area (Å²) >= 11 is 0. The number of rotatable bonds is 4. The molecular formula is C10H14N3NaO6S. The van der Waals surface area contributed by atoms with Crippen molar-refractivity contribution in [3.8, 4) is 0 Å². The first kappa shape index (κ1) is 16.7. The zero-order valence-electron chi connectivity index (χ0n) is 10.3. The Labute approximate surface area is 143 Å². The Morgan fingerprint density at radius 3 is 2.52 bits per heavy atom. The summed E-state index contributed by atoms with van der Waals surface area (Å²) in [5, 5.41) is 0.600. The van der Waals surface area contributed by atoms with Crippen LogP contribution in [0.15, 0.2) is 11.6 Å². The van der Waals surface area contributed by atoms with E-state index in [1.54, 1.807) is 6.08 Å². The van der Waals surface area contributed by atoms with E-state index in [0.717, 1.165) is 23.3 Å². The van der Waals surface area contributed by atoms with Crippen LogP contribution < -0.4 is 5.73 Å². The van der Waals surface area contributed by atoms with Crippen molar-refractivity contribution < 1.29 is 26.8 Å². The molecule has 0 radical (unpaired) electrons. The summed E-state index contributed by atoms with van der Waals surface area (Å²) in [7, 11) is -4.81. The fourth-order valence-corrected chi connectivity index (χ4v) is 3.07. The summed E-state index contributed by atoms with van der Waals surface area (Å²) in [4.78, 5) is 24.6. The Morgan fingerprint density at radius 2 is 2.05 bits per heavy atom. The van der Waals surface area contributed by atoms with Gasteiger partial charge in [-0.1, -0.05) is 6.08 Å². The Balaban J connectivity index is 0.00000161. The molecule has 2 atom stereocenters. The molecule has 0 aromatic carbocycles. The van der Waals surface area contributed by atoms with Gasteiger partial charge < -0.3 is 10.6 Å². The molecule has 0 spiro atoms. The van der Waals surface area contributed by atoms with Crippen LogP contribution in [0.1, 0.15) is 12.8 Å². The van der Waals surface area contributed by atoms with E-state index in [-0.39, 0.29) is 42.0 Å². The molecule has 3 amide bonds. The maximum absolute atomic E-state index is 12.1. The summed E-state index contributed by atoms with van der Waals surface area (Å²) in [6.07, 6.45) is 3.41. The number of nitrogens with two attached hydrogens (primary N) is 1. The van der Waals surface area contributed by atoms with Gasteiger partial charge in [0, 0.05) is 0 Å². The van der Waals surface area contributed by atoms with E-state index in [4.69, 9.17) is 10.3 Å². The number of amides is 3. The van der Waals surface area contributed by atoms with Crippen LogP contribution in [-0.4, -0.2) is 83.1 Å². The number of carbonyl (C=O) groups is 2. The number of carbonyl (C=O) groups excluding carboxylic acids is 2. The molecule has 0 aromatic heterocycles. The number of primary amides is 1. The van der Waals surface area contributed by atoms with Gasteiger partial charge in [-0.15, -0.1) is 4.28 Å². The molecule has 3 N–H and O–H groups in total. The Morgan fingerprint density at radius 1 is 1.43 bits per heavy atom. The van der Waals surface area contributed by atoms with E-state index in [0.29, 0.717) is 5.06 Å². The third kappa shape index (κ3) is 3.10. The maximum atomic E-state index is 12.1. The van der Waals surface area contributed by atoms with E-state index in [2.05, 4.69) is 4.28 Å². The number of fused-ring (bicyclic) bond motifs is 2. The van der Waals surface area contributed by atoms with Gasteiger partial charge in [0.15, 0.2) is 0 Å². The zero-order chi connectivity index (χ0) is 14.7. The molecule has 2 heterocycles. The topological polar surface area (TPSA) is 130 Å². The van der Waals surface area contributed by atoms with Gasteiger partial charge in [-0.2, -0.15) is 13.5 Å². The van der Waals surface area contributed by atoms with Gasteiger partial charge in [-0.05, 0) is 24.3 Å². The van der Waals surface area contributed by atoms with Crippen LogP contribution in [0.3, 0.4) is 0 Å². The predicted octanol–water partition coefficient (Wildman–Crippen LogP) is -1.62. The Kier molecular flexibility index (Phi) is 4.40. The molecule has 2 fully saturated rings. The van der Waals surface area contributed by atoms with Gasteiger partial charge in [0.25, 0.3) is 0 Å². The van der Waals surface area contributed by atoms with Crippen molar-refractivity contribution in [3.63, 3.8) is 0 Å². The molecule has 2 aliphatic heterocycles. The van der Waals surface area contributed by atoms with Crippen molar-refractivity contribution in [2.45, 2.75) is 24.9 Å². The SMILES string of the molecule is NC(=O)[C@@H]1C=C(C2CC2)[C@@H]2CN1C(=O)N2OS(=O)(=O)O.[NaH]. The third-order valence-corrected chi connectivity index (χ3v) is 4.02. The van der Waals surface area contributed by atoms with E-state index < -0.39 is 34.4 Å². The fourth-order valence-electron chi connectivity index (χ4n) is 2.70. The van der Waals surface area contributed by atoms with Crippen LogP contribution in [0.25, 0.3) is 0 Å². The van der Waals surface area contributed by atoms with Gasteiger partial charge in [0.05, 0.1) is 6.54 Å². The van der Waals surface area contributed by atoms with Gasteiger partial charge >= 0.3 is 46.0 Å². The van der Waals surface area contributed by atoms with Crippen LogP contribution in [0, 0.1) is 5.92 Å². The average Bonchev–Trinajstić information content (AvgIpc) is 3.13. The molecule has 1 aliphatic carbocycles. The molecule has 0 unspecified atom stereocenters. The second-order valence-electron chi connectivity index (χ2n) is 5.07. The summed E-state index contributed by atoms with van der Waals surface area (Å²) in [6.45, 7) is 0.115. The summed E-state index contributed by atoms with van der Waals surface area (Å²) in [6, 6.07) is -2.33. The first-order valence-electron chi connectivity index (χ1n) is 6.05. The molecule has 3 aliphatic rings. The number of hydrogen-bond acceptors (Lipinski definition) is 5. The Bertz CT molecular complexity index is 616. The molecule has 3 rings (SSSR count). The van der Waals surface area contributed by atoms with E-state index in [9.17, 15) is 18.0 Å². The number of hydroxylamine groups is 2. The number of hydrogen-bond donors (Lipinski definition) is 2. The van der Waals surface area contributed by atoms with Crippen molar-refractivity contribution in [3.05, 3.63) is 11.6 Å². The van der Waals surface area contributed by atoms with E-state index in [1.165, 1.54) is 0 Å². The van der Waals surface area contributed by atoms with E-state index in [1.807, 2.05) is 0 Å². The van der Waals surface area contributed by atoms with Crippen LogP contribution in [0.4, 0.5) is 4.79 Å². The monoisotopic (exact) mass is 327 g/mol. The van der Waals surface area contributed by atoms with Gasteiger partial charge in [0.1, 0.15) is 12.1 Å². The van der Waals surface area contributed by atoms with Crippen molar-refractivity contribution in [1.29, 1.82) is 0 Å². The number of nitrogens with zero attached hydrogens (tertiary/aromatic N) is 2. The minimum absolute atomic E-state index is 0. The van der Waals surface area contributed by atoms with Crippen molar-refractivity contribution in [2.75, 3.05) is 6.54 Å². The zero-order valence-corrected chi connectivity index (χ0v) is 11.1. The van der Waals surface area contributed by atoms with Crippen LogP contribution in [0.5, 0.6) is 0 Å². The molecule has 21 heavy (non-hydrogen) atoms. The minimum atomic E-state index is -4.81. The first-order chi connectivity index (χ1) is 9.28. The quantitative estimate of drug-likeness (QED) is 0.363. The van der Waals surface area contributed by atoms with Crippen LogP contribution in [0.2, 0.25) is 0 Å². The second kappa shape index (κ2) is 5.52. The molecule has 0 aromatic rings. The predicted molar refractivity (Wildman–Crippen MR) is 71.3 cm³/mol. The third-order valence-electron chi connectivity index (χ3n) is 3.67. The first-order valence-corrected chi connectivity index (χ1v) is 7.42. The summed E-state index contributed by atoms with van der Waals surface area (Å²) in [5.74, 6) is -0.494. The van der Waals surface area contributed by atoms with Gasteiger partial charge in [-0.25, -0.2) is 4.79 Å². The van der Waals surface area contributed by atoms with Crippen LogP contribution >= 0.6 is 0 Å². The molecule has 2 bridgehead atoms. The van der Waals surface area contributed by atoms with Crippen molar-refractivity contribution in [1.82, 2.24) is 9.96 Å². The molecule has 112 valence electrons. The molecule has 1 saturated carbocycles. The van der Waals surface area contributed by atoms with Gasteiger partial charge in [0.2, 0.25) is 5.91 Å². The molecular weight excluding hydrogens is 313 g/mol. The molecule has 11 heteroatoms. The fraction of sp³-hybridized carbons (Fsp3) is 0.600. The van der Waals surface area contributed by atoms with Crippen molar-refractivity contribution >= 4 is 51.9 Å². The number of urea groups is 1. The molecule has 9 nitrogen and oxygen atoms in total. The Hall–Kier alpha value is -0.650. The normalized spacial score (nSPS) is 28.2. The van der Waals surface area contributed by atoms with Crippen LogP contribution in [-0.2, 0) is 19.5 Å². The molecule has 1 saturated heterocycles. The summed E-state index contributed by atoms with van der Waals surface area (Å²) < 4.78 is 34.8.